The third kappa shape index (κ3) is 3.35. The van der Waals surface area contributed by atoms with Gasteiger partial charge in [-0.3, -0.25) is 0 Å². The molecule has 0 saturated heterocycles. The van der Waals surface area contributed by atoms with Crippen LogP contribution in [0.2, 0.25) is 0 Å². The van der Waals surface area contributed by atoms with Crippen molar-refractivity contribution in [3.63, 3.8) is 0 Å². The first-order valence-electron chi connectivity index (χ1n) is 8.78. The van der Waals surface area contributed by atoms with Crippen LogP contribution >= 0.6 is 0 Å². The van der Waals surface area contributed by atoms with Crippen LogP contribution in [0.1, 0.15) is 60.3 Å². The molecule has 0 spiro atoms. The second-order valence-corrected chi connectivity index (χ2v) is 8.84. The molecular formula is C18H35NO3. The number of hydrogen-bond acceptors (Lipinski definition) is 4. The summed E-state index contributed by atoms with van der Waals surface area (Å²) in [5.74, 6) is 0.791. The van der Waals surface area contributed by atoms with Crippen LogP contribution in [0.5, 0.6) is 0 Å². The number of hydrogen-bond donors (Lipinski definition) is 3. The quantitative estimate of drug-likeness (QED) is 0.643. The Bertz CT molecular complexity index is 383. The lowest BCUT2D eigenvalue weighted by atomic mass is 9.70. The molecule has 0 amide bonds. The molecule has 2 bridgehead atoms. The molecule has 0 radical (unpaired) electrons. The van der Waals surface area contributed by atoms with Crippen LogP contribution in [-0.4, -0.2) is 47.7 Å². The standard InChI is InChI=1S/C18H35NO3/c1-16(2,12-20)19-11-14(21)7-9-22-15-10-13-6-8-18(15,5)17(13,3)4/h13-15,19-21H,6-12H2,1-5H3/t13-,14+,15+,18-/m1/s1. The minimum absolute atomic E-state index is 0.0626. The van der Waals surface area contributed by atoms with Crippen LogP contribution < -0.4 is 5.32 Å². The number of ether oxygens (including phenoxy) is 1. The van der Waals surface area contributed by atoms with E-state index in [0.717, 1.165) is 5.92 Å². The molecule has 0 aromatic carbocycles. The Kier molecular flexibility index (Phi) is 5.28. The van der Waals surface area contributed by atoms with Crippen molar-refractivity contribution < 1.29 is 14.9 Å². The average molecular weight is 313 g/mol. The molecule has 0 unspecified atom stereocenters. The Morgan fingerprint density at radius 1 is 1.32 bits per heavy atom. The zero-order valence-electron chi connectivity index (χ0n) is 15.0. The molecule has 22 heavy (non-hydrogen) atoms. The van der Waals surface area contributed by atoms with Gasteiger partial charge in [0.25, 0.3) is 0 Å². The first-order valence-corrected chi connectivity index (χ1v) is 8.78. The van der Waals surface area contributed by atoms with Crippen LogP contribution in [0.15, 0.2) is 0 Å². The highest BCUT2D eigenvalue weighted by molar-refractivity contribution is 5.11. The fourth-order valence-corrected chi connectivity index (χ4v) is 4.28. The maximum absolute atomic E-state index is 10.1. The summed E-state index contributed by atoms with van der Waals surface area (Å²) < 4.78 is 6.17. The van der Waals surface area contributed by atoms with Crippen LogP contribution in [0.25, 0.3) is 0 Å². The molecule has 2 saturated carbocycles. The van der Waals surface area contributed by atoms with Crippen molar-refractivity contribution in [3.05, 3.63) is 0 Å². The van der Waals surface area contributed by atoms with Gasteiger partial charge in [-0.1, -0.05) is 20.8 Å². The van der Waals surface area contributed by atoms with Gasteiger partial charge in [0.15, 0.2) is 0 Å². The molecule has 4 heteroatoms. The average Bonchev–Trinajstić information content (AvgIpc) is 2.78. The van der Waals surface area contributed by atoms with E-state index < -0.39 is 6.10 Å². The zero-order chi connectivity index (χ0) is 16.6. The third-order valence-corrected chi connectivity index (χ3v) is 6.70. The van der Waals surface area contributed by atoms with E-state index in [2.05, 4.69) is 26.1 Å². The predicted molar refractivity (Wildman–Crippen MR) is 88.8 cm³/mol. The van der Waals surface area contributed by atoms with Crippen molar-refractivity contribution in [2.24, 2.45) is 16.7 Å². The van der Waals surface area contributed by atoms with Crippen molar-refractivity contribution in [1.82, 2.24) is 5.32 Å². The minimum atomic E-state index is -0.426. The summed E-state index contributed by atoms with van der Waals surface area (Å²) >= 11 is 0. The molecule has 130 valence electrons. The van der Waals surface area contributed by atoms with E-state index in [0.29, 0.717) is 36.5 Å². The van der Waals surface area contributed by atoms with Crippen molar-refractivity contribution in [2.75, 3.05) is 19.8 Å². The van der Waals surface area contributed by atoms with Crippen molar-refractivity contribution >= 4 is 0 Å². The second kappa shape index (κ2) is 6.39. The predicted octanol–water partition coefficient (Wildman–Crippen LogP) is 2.33. The van der Waals surface area contributed by atoms with Crippen LogP contribution in [-0.2, 0) is 4.74 Å². The summed E-state index contributed by atoms with van der Waals surface area (Å²) in [7, 11) is 0. The topological polar surface area (TPSA) is 61.7 Å². The molecule has 2 aliphatic rings. The summed E-state index contributed by atoms with van der Waals surface area (Å²) in [4.78, 5) is 0. The largest absolute Gasteiger partial charge is 0.394 e. The van der Waals surface area contributed by atoms with Gasteiger partial charge in [0.1, 0.15) is 0 Å². The lowest BCUT2D eigenvalue weighted by molar-refractivity contribution is -0.0549. The Morgan fingerprint density at radius 2 is 2.00 bits per heavy atom. The first-order chi connectivity index (χ1) is 10.1. The highest BCUT2D eigenvalue weighted by Gasteiger charge is 2.61. The molecule has 0 aromatic heterocycles. The van der Waals surface area contributed by atoms with Gasteiger partial charge in [0.05, 0.1) is 18.8 Å². The number of nitrogens with one attached hydrogen (secondary N) is 1. The molecule has 4 nitrogen and oxygen atoms in total. The van der Waals surface area contributed by atoms with Gasteiger partial charge in [-0.15, -0.1) is 0 Å². The highest BCUT2D eigenvalue weighted by Crippen LogP contribution is 2.66. The fourth-order valence-electron chi connectivity index (χ4n) is 4.28. The molecule has 2 fully saturated rings. The van der Waals surface area contributed by atoms with E-state index >= 15 is 0 Å². The lowest BCUT2D eigenvalue weighted by Gasteiger charge is -2.39. The molecule has 0 aromatic rings. The summed E-state index contributed by atoms with van der Waals surface area (Å²) in [5.41, 5.74) is 0.326. The summed E-state index contributed by atoms with van der Waals surface area (Å²) in [6.07, 6.45) is 4.35. The molecular weight excluding hydrogens is 278 g/mol. The van der Waals surface area contributed by atoms with E-state index in [9.17, 15) is 10.2 Å². The van der Waals surface area contributed by atoms with Crippen LogP contribution in [0.4, 0.5) is 0 Å². The number of rotatable bonds is 8. The van der Waals surface area contributed by atoms with Gasteiger partial charge >= 0.3 is 0 Å². The molecule has 3 N–H and O–H groups in total. The smallest absolute Gasteiger partial charge is 0.0686 e. The van der Waals surface area contributed by atoms with Crippen LogP contribution in [0, 0.1) is 16.7 Å². The van der Waals surface area contributed by atoms with Gasteiger partial charge in [0, 0.05) is 18.7 Å². The Labute approximate surface area is 135 Å². The van der Waals surface area contributed by atoms with Gasteiger partial charge in [-0.05, 0) is 56.3 Å². The second-order valence-electron chi connectivity index (χ2n) is 8.84. The van der Waals surface area contributed by atoms with Gasteiger partial charge in [-0.25, -0.2) is 0 Å². The molecule has 0 heterocycles. The molecule has 4 atom stereocenters. The van der Waals surface area contributed by atoms with E-state index in [1.807, 2.05) is 13.8 Å². The molecule has 2 aliphatic carbocycles. The first kappa shape index (κ1) is 18.2. The number of β-amino-alcohol motifs (C(OH)–C–C–N with tert-alkyl or cyclic N) is 1. The van der Waals surface area contributed by atoms with Crippen molar-refractivity contribution in [1.29, 1.82) is 0 Å². The summed E-state index contributed by atoms with van der Waals surface area (Å²) in [5, 5.41) is 22.4. The number of fused-ring (bicyclic) bond motifs is 2. The maximum atomic E-state index is 10.1. The van der Waals surface area contributed by atoms with Gasteiger partial charge < -0.3 is 20.3 Å². The normalized spacial score (nSPS) is 35.0. The monoisotopic (exact) mass is 313 g/mol. The Balaban J connectivity index is 1.72. The summed E-state index contributed by atoms with van der Waals surface area (Å²) in [6, 6.07) is 0. The molecule has 0 aliphatic heterocycles. The zero-order valence-corrected chi connectivity index (χ0v) is 15.0. The molecule has 2 rings (SSSR count). The van der Waals surface area contributed by atoms with E-state index in [-0.39, 0.29) is 12.1 Å². The number of aliphatic hydroxyl groups is 2. The van der Waals surface area contributed by atoms with Crippen molar-refractivity contribution in [2.45, 2.75) is 78.0 Å². The fraction of sp³-hybridized carbons (Fsp3) is 1.00. The minimum Gasteiger partial charge on any atom is -0.394 e. The van der Waals surface area contributed by atoms with Crippen molar-refractivity contribution in [3.8, 4) is 0 Å². The van der Waals surface area contributed by atoms with Crippen LogP contribution in [0.3, 0.4) is 0 Å². The van der Waals surface area contributed by atoms with E-state index in [1.165, 1.54) is 19.3 Å². The summed E-state index contributed by atoms with van der Waals surface area (Å²) in [6.45, 7) is 12.2. The van der Waals surface area contributed by atoms with E-state index in [4.69, 9.17) is 4.74 Å². The highest BCUT2D eigenvalue weighted by atomic mass is 16.5. The maximum Gasteiger partial charge on any atom is 0.0686 e. The SMILES string of the molecule is CC(C)(CO)NC[C@@H](O)CCO[C@H]1C[C@H]2CC[C@@]1(C)C2(C)C. The Morgan fingerprint density at radius 3 is 2.50 bits per heavy atom. The number of aliphatic hydroxyl groups excluding tert-OH is 2. The van der Waals surface area contributed by atoms with E-state index in [1.54, 1.807) is 0 Å². The third-order valence-electron chi connectivity index (χ3n) is 6.70. The Hall–Kier alpha value is -0.160. The van der Waals surface area contributed by atoms with Gasteiger partial charge in [0.2, 0.25) is 0 Å². The van der Waals surface area contributed by atoms with Gasteiger partial charge in [-0.2, -0.15) is 0 Å². The lowest BCUT2D eigenvalue weighted by Crippen LogP contribution is -2.46.